The second-order valence-electron chi connectivity index (χ2n) is 10.0. The van der Waals surface area contributed by atoms with Crippen LogP contribution in [0.4, 0.5) is 0 Å². The molecule has 0 aromatic heterocycles. The molecule has 0 spiro atoms. The van der Waals surface area contributed by atoms with Gasteiger partial charge in [-0.2, -0.15) is 0 Å². The van der Waals surface area contributed by atoms with Crippen LogP contribution in [-0.2, 0) is 12.8 Å². The molecule has 35 heavy (non-hydrogen) atoms. The van der Waals surface area contributed by atoms with Crippen LogP contribution >= 0.6 is 23.0 Å². The van der Waals surface area contributed by atoms with Gasteiger partial charge >= 0.3 is 6.62 Å². The molecule has 0 amide bonds. The molecule has 0 radical (unpaired) electrons. The summed E-state index contributed by atoms with van der Waals surface area (Å²) in [5.41, 5.74) is 0. The van der Waals surface area contributed by atoms with Crippen molar-refractivity contribution >= 4 is 29.6 Å². The molecule has 6 heteroatoms. The van der Waals surface area contributed by atoms with Gasteiger partial charge in [0.2, 0.25) is 0 Å². The van der Waals surface area contributed by atoms with E-state index in [0.29, 0.717) is 0 Å². The summed E-state index contributed by atoms with van der Waals surface area (Å²) < 4.78 is 18.5. The molecule has 3 nitrogen and oxygen atoms in total. The topological polar surface area (TPSA) is 27.7 Å². The fourth-order valence-corrected chi connectivity index (χ4v) is 12.0. The van der Waals surface area contributed by atoms with Gasteiger partial charge in [-0.15, -0.1) is 0 Å². The van der Waals surface area contributed by atoms with Crippen LogP contribution in [-0.4, -0.2) is 26.4 Å². The first-order valence-corrected chi connectivity index (χ1v) is 20.5. The summed E-state index contributed by atoms with van der Waals surface area (Å²) in [7, 11) is 0. The van der Waals surface area contributed by atoms with Gasteiger partial charge < -0.3 is 12.8 Å². The van der Waals surface area contributed by atoms with Crippen molar-refractivity contribution in [2.24, 2.45) is 0 Å². The molecule has 0 unspecified atom stereocenters. The normalized spacial score (nSPS) is 12.0. The summed E-state index contributed by atoms with van der Waals surface area (Å²) in [6.45, 7) is 9.24. The second-order valence-corrected chi connectivity index (χ2v) is 18.7. The first kappa shape index (κ1) is 35.8. The Morgan fingerprint density at radius 2 is 0.771 bits per heavy atom. The second kappa shape index (κ2) is 29.4. The summed E-state index contributed by atoms with van der Waals surface area (Å²) in [6.07, 6.45) is 28.3. The van der Waals surface area contributed by atoms with Crippen molar-refractivity contribution in [2.75, 3.05) is 19.8 Å². The van der Waals surface area contributed by atoms with Crippen LogP contribution in [0.5, 0.6) is 0 Å². The molecule has 0 saturated heterocycles. The van der Waals surface area contributed by atoms with E-state index in [2.05, 4.69) is 27.7 Å². The van der Waals surface area contributed by atoms with Gasteiger partial charge in [0.25, 0.3) is 0 Å². The van der Waals surface area contributed by atoms with Crippen LogP contribution in [0.2, 0.25) is 6.04 Å². The lowest BCUT2D eigenvalue weighted by Crippen LogP contribution is -2.32. The highest BCUT2D eigenvalue weighted by molar-refractivity contribution is 8.54. The maximum Gasteiger partial charge on any atom is 0.375 e. The molecule has 0 aliphatic rings. The van der Waals surface area contributed by atoms with Crippen LogP contribution < -0.4 is 0 Å². The predicted octanol–water partition coefficient (Wildman–Crippen LogP) is 11.5. The lowest BCUT2D eigenvalue weighted by atomic mass is 10.1. The van der Waals surface area contributed by atoms with E-state index in [4.69, 9.17) is 12.8 Å². The Morgan fingerprint density at radius 3 is 1.09 bits per heavy atom. The van der Waals surface area contributed by atoms with E-state index in [-0.39, 0.29) is 0 Å². The Balaban J connectivity index is 3.84. The zero-order valence-electron chi connectivity index (χ0n) is 24.2. The Morgan fingerprint density at radius 1 is 0.429 bits per heavy atom. The van der Waals surface area contributed by atoms with Crippen molar-refractivity contribution in [1.29, 1.82) is 0 Å². The third-order valence-electron chi connectivity index (χ3n) is 6.45. The van der Waals surface area contributed by atoms with Crippen molar-refractivity contribution in [3.63, 3.8) is 0 Å². The third kappa shape index (κ3) is 24.9. The average molecular weight is 551 g/mol. The molecule has 0 aromatic rings. The average Bonchev–Trinajstić information content (AvgIpc) is 2.85. The van der Waals surface area contributed by atoms with Crippen LogP contribution in [0.1, 0.15) is 163 Å². The lowest BCUT2D eigenvalue weighted by molar-refractivity contribution is 0.325. The Kier molecular flexibility index (Phi) is 30.0. The molecular weight excluding hydrogens is 489 g/mol. The minimum absolute atomic E-state index is 0.745. The Labute approximate surface area is 230 Å². The summed E-state index contributed by atoms with van der Waals surface area (Å²) in [4.78, 5) is 0. The van der Waals surface area contributed by atoms with Gasteiger partial charge in [0.15, 0.2) is 0 Å². The zero-order valence-corrected chi connectivity index (χ0v) is 26.9. The largest absolute Gasteiger partial charge is 0.397 e. The maximum atomic E-state index is 6.28. The van der Waals surface area contributed by atoms with Crippen LogP contribution in [0.15, 0.2) is 0 Å². The van der Waals surface area contributed by atoms with Crippen molar-refractivity contribution in [1.82, 2.24) is 0 Å². The molecule has 212 valence electrons. The summed E-state index contributed by atoms with van der Waals surface area (Å²) >= 11 is 3.27. The molecule has 0 aromatic carbocycles. The van der Waals surface area contributed by atoms with Crippen molar-refractivity contribution in [3.8, 4) is 0 Å². The monoisotopic (exact) mass is 550 g/mol. The van der Waals surface area contributed by atoms with Gasteiger partial charge in [-0.1, -0.05) is 143 Å². The number of unbranched alkanes of at least 4 members (excludes halogenated alkanes) is 18. The molecule has 0 N–H and O–H groups in total. The third-order valence-corrected chi connectivity index (χ3v) is 14.8. The summed E-state index contributed by atoms with van der Waals surface area (Å²) in [5, 5.41) is 0. The fraction of sp³-hybridized carbons (Fsp3) is 1.00. The quantitative estimate of drug-likeness (QED) is 0.0503. The predicted molar refractivity (Wildman–Crippen MR) is 163 cm³/mol. The standard InChI is InChI=1S/C29H62O3S2Si/c1-5-9-11-13-15-17-19-21-23-25-27-30-33-35(29-7-3,32-8-4)34-31-28-26-24-22-20-18-16-14-12-10-6-2/h5-29H2,1-4H3. The maximum absolute atomic E-state index is 6.28. The van der Waals surface area contributed by atoms with E-state index < -0.39 is 6.62 Å². The van der Waals surface area contributed by atoms with Gasteiger partial charge in [0.1, 0.15) is 0 Å². The van der Waals surface area contributed by atoms with E-state index in [1.807, 2.05) is 0 Å². The highest BCUT2D eigenvalue weighted by atomic mass is 32.6. The van der Waals surface area contributed by atoms with E-state index in [0.717, 1.165) is 45.1 Å². The van der Waals surface area contributed by atoms with Crippen molar-refractivity contribution in [3.05, 3.63) is 0 Å². The number of rotatable bonds is 30. The highest BCUT2D eigenvalue weighted by Crippen LogP contribution is 2.39. The molecule has 0 heterocycles. The van der Waals surface area contributed by atoms with E-state index in [1.54, 1.807) is 23.0 Å². The zero-order chi connectivity index (χ0) is 25.7. The van der Waals surface area contributed by atoms with Gasteiger partial charge in [0.05, 0.1) is 13.2 Å². The van der Waals surface area contributed by atoms with Crippen LogP contribution in [0, 0.1) is 0 Å². The lowest BCUT2D eigenvalue weighted by Gasteiger charge is -2.27. The fourth-order valence-electron chi connectivity index (χ4n) is 4.30. The first-order valence-electron chi connectivity index (χ1n) is 15.5. The first-order chi connectivity index (χ1) is 17.2. The molecule has 0 aliphatic carbocycles. The molecular formula is C29H62O3S2Si. The van der Waals surface area contributed by atoms with Crippen molar-refractivity contribution < 1.29 is 12.8 Å². The number of hydrogen-bond donors (Lipinski definition) is 0. The van der Waals surface area contributed by atoms with E-state index in [1.165, 1.54) is 116 Å². The van der Waals surface area contributed by atoms with Gasteiger partial charge in [0, 0.05) is 29.6 Å². The molecule has 0 bridgehead atoms. The summed E-state index contributed by atoms with van der Waals surface area (Å²) in [6, 6.07) is 1.08. The van der Waals surface area contributed by atoms with Gasteiger partial charge in [-0.3, -0.25) is 0 Å². The minimum atomic E-state index is -2.10. The van der Waals surface area contributed by atoms with Crippen LogP contribution in [0.25, 0.3) is 0 Å². The Bertz CT molecular complexity index is 366. The Hall–Kier alpha value is 0.797. The van der Waals surface area contributed by atoms with Crippen LogP contribution in [0.3, 0.4) is 0 Å². The molecule has 0 atom stereocenters. The van der Waals surface area contributed by atoms with Crippen molar-refractivity contribution in [2.45, 2.75) is 169 Å². The van der Waals surface area contributed by atoms with Gasteiger partial charge in [-0.05, 0) is 25.8 Å². The number of hydrogen-bond acceptors (Lipinski definition) is 5. The summed E-state index contributed by atoms with van der Waals surface area (Å²) in [5.74, 6) is 0. The molecule has 0 fully saturated rings. The van der Waals surface area contributed by atoms with E-state index >= 15 is 0 Å². The van der Waals surface area contributed by atoms with Gasteiger partial charge in [-0.25, -0.2) is 0 Å². The molecule has 0 aliphatic heterocycles. The van der Waals surface area contributed by atoms with E-state index in [9.17, 15) is 0 Å². The SMILES string of the molecule is CCCCCCCCCCCCOS[Si](CCC)(OCC)SOCCCCCCCCCCCC. The molecule has 0 rings (SSSR count). The molecule has 0 saturated carbocycles. The highest BCUT2D eigenvalue weighted by Gasteiger charge is 2.39. The minimum Gasteiger partial charge on any atom is -0.397 e. The smallest absolute Gasteiger partial charge is 0.375 e.